The Hall–Kier alpha value is -3.71. The van der Waals surface area contributed by atoms with E-state index in [0.717, 1.165) is 28.3 Å². The molecule has 4 heteroatoms. The quantitative estimate of drug-likeness (QED) is 0.640. The molecule has 0 N–H and O–H groups in total. The maximum Gasteiger partial charge on any atom is 0.260 e. The number of rotatable bonds is 3. The Kier molecular flexibility index (Phi) is 4.74. The van der Waals surface area contributed by atoms with Crippen LogP contribution in [0, 0.1) is 11.8 Å². The van der Waals surface area contributed by atoms with Crippen LogP contribution in [0.4, 0.5) is 5.69 Å². The van der Waals surface area contributed by atoms with Gasteiger partial charge in [-0.25, -0.2) is 0 Å². The van der Waals surface area contributed by atoms with Crippen molar-refractivity contribution in [2.75, 3.05) is 19.1 Å². The van der Waals surface area contributed by atoms with Crippen molar-refractivity contribution in [2.24, 2.45) is 0 Å². The number of methoxy groups -OCH3 is 2. The van der Waals surface area contributed by atoms with E-state index in [0.29, 0.717) is 5.56 Å². The van der Waals surface area contributed by atoms with Crippen LogP contribution in [0.5, 0.6) is 11.5 Å². The molecule has 0 bridgehead atoms. The first-order valence-corrected chi connectivity index (χ1v) is 8.93. The van der Waals surface area contributed by atoms with Gasteiger partial charge < -0.3 is 9.47 Å². The predicted octanol–water partition coefficient (Wildman–Crippen LogP) is 4.46. The molecule has 4 nitrogen and oxygen atoms in total. The average molecular weight is 369 g/mol. The smallest absolute Gasteiger partial charge is 0.260 e. The zero-order valence-electron chi connectivity index (χ0n) is 15.7. The lowest BCUT2D eigenvalue weighted by Gasteiger charge is -2.21. The fraction of sp³-hybridized carbons (Fsp3) is 0.125. The van der Waals surface area contributed by atoms with E-state index in [1.165, 1.54) is 0 Å². The summed E-state index contributed by atoms with van der Waals surface area (Å²) in [6, 6.07) is 22.3. The number of ether oxygens (including phenoxy) is 2. The molecule has 3 aromatic rings. The van der Waals surface area contributed by atoms with Crippen LogP contribution in [-0.2, 0) is 0 Å². The van der Waals surface area contributed by atoms with Gasteiger partial charge in [-0.1, -0.05) is 30.0 Å². The molecule has 28 heavy (non-hydrogen) atoms. The largest absolute Gasteiger partial charge is 0.497 e. The molecule has 0 radical (unpaired) electrons. The summed E-state index contributed by atoms with van der Waals surface area (Å²) in [5.74, 6) is 7.96. The number of benzene rings is 3. The number of hydrogen-bond acceptors (Lipinski definition) is 3. The number of anilines is 1. The summed E-state index contributed by atoms with van der Waals surface area (Å²) in [5, 5.41) is 0. The first kappa shape index (κ1) is 17.7. The number of nitrogens with zero attached hydrogens (tertiary/aromatic N) is 1. The second kappa shape index (κ2) is 7.50. The Morgan fingerprint density at radius 3 is 2.07 bits per heavy atom. The van der Waals surface area contributed by atoms with E-state index in [-0.39, 0.29) is 11.9 Å². The summed E-state index contributed by atoms with van der Waals surface area (Å²) in [4.78, 5) is 14.8. The minimum atomic E-state index is -0.348. The van der Waals surface area contributed by atoms with Crippen molar-refractivity contribution in [3.8, 4) is 23.3 Å². The molecular weight excluding hydrogens is 350 g/mol. The van der Waals surface area contributed by atoms with Gasteiger partial charge in [0.15, 0.2) is 0 Å². The molecule has 1 amide bonds. The highest BCUT2D eigenvalue weighted by atomic mass is 16.5. The summed E-state index contributed by atoms with van der Waals surface area (Å²) < 4.78 is 10.4. The molecule has 0 aromatic heterocycles. The van der Waals surface area contributed by atoms with Gasteiger partial charge >= 0.3 is 0 Å². The van der Waals surface area contributed by atoms with Crippen molar-refractivity contribution >= 4 is 11.6 Å². The minimum absolute atomic E-state index is 0.0465. The number of carbonyl (C=O) groups excluding carboxylic acids is 1. The molecule has 1 heterocycles. The van der Waals surface area contributed by atoms with Crippen molar-refractivity contribution in [3.05, 3.63) is 89.5 Å². The third kappa shape index (κ3) is 3.19. The Bertz CT molecular complexity index is 1060. The number of amides is 1. The average Bonchev–Trinajstić information content (AvgIpc) is 3.04. The van der Waals surface area contributed by atoms with Gasteiger partial charge in [0.1, 0.15) is 17.5 Å². The lowest BCUT2D eigenvalue weighted by Crippen LogP contribution is -2.26. The van der Waals surface area contributed by atoms with Gasteiger partial charge in [-0.15, -0.1) is 0 Å². The van der Waals surface area contributed by atoms with Crippen LogP contribution in [0.2, 0.25) is 0 Å². The van der Waals surface area contributed by atoms with Gasteiger partial charge in [-0.2, -0.15) is 0 Å². The lowest BCUT2D eigenvalue weighted by molar-refractivity contribution is 0.0994. The van der Waals surface area contributed by atoms with Crippen LogP contribution in [0.15, 0.2) is 72.8 Å². The third-order valence-electron chi connectivity index (χ3n) is 4.76. The molecule has 3 aromatic carbocycles. The van der Waals surface area contributed by atoms with Crippen molar-refractivity contribution < 1.29 is 14.3 Å². The maximum atomic E-state index is 13.1. The van der Waals surface area contributed by atoms with Crippen molar-refractivity contribution in [2.45, 2.75) is 6.04 Å². The summed E-state index contributed by atoms with van der Waals surface area (Å²) in [6.45, 7) is 0. The summed E-state index contributed by atoms with van der Waals surface area (Å²) in [5.41, 5.74) is 3.26. The molecule has 0 fully saturated rings. The molecule has 0 aliphatic carbocycles. The molecule has 0 unspecified atom stereocenters. The summed E-state index contributed by atoms with van der Waals surface area (Å²) in [7, 11) is 3.25. The number of carbonyl (C=O) groups is 1. The zero-order chi connectivity index (χ0) is 19.5. The first-order valence-electron chi connectivity index (χ1n) is 8.93. The molecule has 0 saturated carbocycles. The van der Waals surface area contributed by atoms with Crippen LogP contribution in [0.25, 0.3) is 0 Å². The van der Waals surface area contributed by atoms with Crippen LogP contribution in [0.1, 0.15) is 27.5 Å². The number of fused-ring (bicyclic) bond motifs is 1. The van der Waals surface area contributed by atoms with Gasteiger partial charge in [0, 0.05) is 16.8 Å². The summed E-state index contributed by atoms with van der Waals surface area (Å²) >= 11 is 0. The van der Waals surface area contributed by atoms with Gasteiger partial charge in [-0.05, 0) is 60.2 Å². The Labute approximate surface area is 164 Å². The molecule has 0 saturated heterocycles. The standard InChI is InChI=1S/C24H19NO3/c1-27-19-12-7-17(8-13-19)9-16-23-21-5-3-4-6-22(21)24(26)25(23)18-10-14-20(28-2)15-11-18/h3-8,10-15,23H,1-2H3/t23-/m0/s1. The zero-order valence-corrected chi connectivity index (χ0v) is 15.7. The Morgan fingerprint density at radius 2 is 1.43 bits per heavy atom. The van der Waals surface area contributed by atoms with Gasteiger partial charge in [-0.3, -0.25) is 9.69 Å². The van der Waals surface area contributed by atoms with E-state index in [9.17, 15) is 4.79 Å². The van der Waals surface area contributed by atoms with Crippen LogP contribution >= 0.6 is 0 Å². The van der Waals surface area contributed by atoms with Crippen LogP contribution in [-0.4, -0.2) is 20.1 Å². The van der Waals surface area contributed by atoms with E-state index in [4.69, 9.17) is 9.47 Å². The fourth-order valence-corrected chi connectivity index (χ4v) is 3.29. The van der Waals surface area contributed by atoms with E-state index in [1.807, 2.05) is 72.8 Å². The molecule has 1 aliphatic heterocycles. The second-order valence-corrected chi connectivity index (χ2v) is 6.36. The van der Waals surface area contributed by atoms with Crippen molar-refractivity contribution in [1.82, 2.24) is 0 Å². The second-order valence-electron chi connectivity index (χ2n) is 6.36. The van der Waals surface area contributed by atoms with E-state index in [2.05, 4.69) is 11.8 Å². The normalized spacial score (nSPS) is 14.9. The Morgan fingerprint density at radius 1 is 0.821 bits per heavy atom. The monoisotopic (exact) mass is 369 g/mol. The lowest BCUT2D eigenvalue weighted by atomic mass is 10.0. The van der Waals surface area contributed by atoms with Crippen LogP contribution in [0.3, 0.4) is 0 Å². The van der Waals surface area contributed by atoms with Gasteiger partial charge in [0.2, 0.25) is 0 Å². The number of hydrogen-bond donors (Lipinski definition) is 0. The highest BCUT2D eigenvalue weighted by molar-refractivity contribution is 6.11. The van der Waals surface area contributed by atoms with Gasteiger partial charge in [0.25, 0.3) is 5.91 Å². The van der Waals surface area contributed by atoms with Crippen molar-refractivity contribution in [1.29, 1.82) is 0 Å². The first-order chi connectivity index (χ1) is 13.7. The van der Waals surface area contributed by atoms with E-state index < -0.39 is 0 Å². The van der Waals surface area contributed by atoms with Gasteiger partial charge in [0.05, 0.1) is 14.2 Å². The molecule has 4 rings (SSSR count). The fourth-order valence-electron chi connectivity index (χ4n) is 3.29. The van der Waals surface area contributed by atoms with E-state index >= 15 is 0 Å². The maximum absolute atomic E-state index is 13.1. The highest BCUT2D eigenvalue weighted by Gasteiger charge is 2.36. The van der Waals surface area contributed by atoms with Crippen LogP contribution < -0.4 is 14.4 Å². The third-order valence-corrected chi connectivity index (χ3v) is 4.76. The minimum Gasteiger partial charge on any atom is -0.497 e. The molecular formula is C24H19NO3. The molecule has 1 aliphatic rings. The summed E-state index contributed by atoms with van der Waals surface area (Å²) in [6.07, 6.45) is 0. The van der Waals surface area contributed by atoms with E-state index in [1.54, 1.807) is 19.1 Å². The predicted molar refractivity (Wildman–Crippen MR) is 109 cm³/mol. The SMILES string of the molecule is COc1ccc(C#C[C@H]2c3ccccc3C(=O)N2c2ccc(OC)cc2)cc1. The molecule has 1 atom stereocenters. The molecule has 0 spiro atoms. The Balaban J connectivity index is 1.74. The van der Waals surface area contributed by atoms with Crippen molar-refractivity contribution in [3.63, 3.8) is 0 Å². The topological polar surface area (TPSA) is 38.8 Å². The molecule has 138 valence electrons. The highest BCUT2D eigenvalue weighted by Crippen LogP contribution is 2.37.